The van der Waals surface area contributed by atoms with Crippen molar-refractivity contribution in [3.63, 3.8) is 0 Å². The fourth-order valence-electron chi connectivity index (χ4n) is 2.44. The summed E-state index contributed by atoms with van der Waals surface area (Å²) in [6, 6.07) is 13.1. The van der Waals surface area contributed by atoms with Gasteiger partial charge >= 0.3 is 6.18 Å². The Morgan fingerprint density at radius 1 is 1.07 bits per heavy atom. The van der Waals surface area contributed by atoms with Crippen molar-refractivity contribution in [3.05, 3.63) is 60.4 Å². The zero-order valence-corrected chi connectivity index (χ0v) is 14.6. The van der Waals surface area contributed by atoms with E-state index in [2.05, 4.69) is 15.3 Å². The highest BCUT2D eigenvalue weighted by molar-refractivity contribution is 5.75. The van der Waals surface area contributed by atoms with Crippen LogP contribution >= 0.6 is 0 Å². The van der Waals surface area contributed by atoms with Crippen molar-refractivity contribution >= 4 is 11.5 Å². The fourth-order valence-corrected chi connectivity index (χ4v) is 2.44. The number of nitrogens with two attached hydrogens (primary N) is 1. The molecule has 9 heteroatoms. The molecule has 0 aliphatic carbocycles. The van der Waals surface area contributed by atoms with Gasteiger partial charge in [-0.2, -0.15) is 13.2 Å². The van der Waals surface area contributed by atoms with Gasteiger partial charge in [-0.25, -0.2) is 9.97 Å². The normalized spacial score (nSPS) is 11.3. The Morgan fingerprint density at radius 3 is 2.50 bits per heavy atom. The average Bonchev–Trinajstić information content (AvgIpc) is 2.68. The molecule has 0 saturated carbocycles. The second kappa shape index (κ2) is 8.13. The third-order valence-corrected chi connectivity index (χ3v) is 3.78. The summed E-state index contributed by atoms with van der Waals surface area (Å²) in [5, 5.41) is 13.5. The lowest BCUT2D eigenvalue weighted by atomic mass is 10.1. The van der Waals surface area contributed by atoms with Crippen LogP contribution < -0.4 is 15.8 Å². The SMILES string of the molecule is NCc1ccc(Nc2ncnc(-c3cccc(OCC(F)(F)F)c3)c2O)cc1. The largest absolute Gasteiger partial charge is 0.503 e. The Labute approximate surface area is 158 Å². The zero-order chi connectivity index (χ0) is 20.1. The molecule has 6 nitrogen and oxygen atoms in total. The number of aromatic hydroxyl groups is 1. The van der Waals surface area contributed by atoms with Crippen LogP contribution in [-0.4, -0.2) is 27.9 Å². The van der Waals surface area contributed by atoms with Gasteiger partial charge in [-0.1, -0.05) is 24.3 Å². The van der Waals surface area contributed by atoms with Gasteiger partial charge in [0.2, 0.25) is 0 Å². The predicted molar refractivity (Wildman–Crippen MR) is 98.3 cm³/mol. The maximum Gasteiger partial charge on any atom is 0.422 e. The number of nitrogens with one attached hydrogen (secondary N) is 1. The van der Waals surface area contributed by atoms with Gasteiger partial charge in [-0.3, -0.25) is 0 Å². The molecule has 0 spiro atoms. The van der Waals surface area contributed by atoms with Crippen molar-refractivity contribution in [2.24, 2.45) is 5.73 Å². The molecule has 0 aliphatic rings. The second-order valence-corrected chi connectivity index (χ2v) is 5.88. The van der Waals surface area contributed by atoms with Crippen LogP contribution in [0.15, 0.2) is 54.9 Å². The lowest BCUT2D eigenvalue weighted by molar-refractivity contribution is -0.153. The van der Waals surface area contributed by atoms with Crippen molar-refractivity contribution in [1.29, 1.82) is 0 Å². The minimum absolute atomic E-state index is 0.0136. The molecule has 0 amide bonds. The molecule has 3 rings (SSSR count). The first-order chi connectivity index (χ1) is 13.4. The number of hydrogen-bond acceptors (Lipinski definition) is 6. The summed E-state index contributed by atoms with van der Waals surface area (Å²) in [4.78, 5) is 8.05. The number of anilines is 2. The predicted octanol–water partition coefficient (Wildman–Crippen LogP) is 3.99. The highest BCUT2D eigenvalue weighted by atomic mass is 19.4. The van der Waals surface area contributed by atoms with Crippen LogP contribution in [0.4, 0.5) is 24.7 Å². The van der Waals surface area contributed by atoms with Gasteiger partial charge in [-0.15, -0.1) is 0 Å². The minimum Gasteiger partial charge on any atom is -0.503 e. The molecule has 0 unspecified atom stereocenters. The van der Waals surface area contributed by atoms with Crippen LogP contribution in [0.5, 0.6) is 11.5 Å². The maximum absolute atomic E-state index is 12.3. The molecular formula is C19H17F3N4O2. The Kier molecular flexibility index (Phi) is 5.65. The van der Waals surface area contributed by atoms with Crippen LogP contribution in [0.25, 0.3) is 11.3 Å². The monoisotopic (exact) mass is 390 g/mol. The van der Waals surface area contributed by atoms with Crippen molar-refractivity contribution in [3.8, 4) is 22.8 Å². The van der Waals surface area contributed by atoms with Crippen LogP contribution in [0.3, 0.4) is 0 Å². The maximum atomic E-state index is 12.3. The molecule has 1 heterocycles. The third kappa shape index (κ3) is 4.89. The fraction of sp³-hybridized carbons (Fsp3) is 0.158. The lowest BCUT2D eigenvalue weighted by Crippen LogP contribution is -2.19. The van der Waals surface area contributed by atoms with Gasteiger partial charge in [0.15, 0.2) is 18.2 Å². The number of alkyl halides is 3. The van der Waals surface area contributed by atoms with Crippen molar-refractivity contribution in [2.45, 2.75) is 12.7 Å². The van der Waals surface area contributed by atoms with Crippen molar-refractivity contribution < 1.29 is 23.0 Å². The van der Waals surface area contributed by atoms with Crippen LogP contribution in [0.2, 0.25) is 0 Å². The van der Waals surface area contributed by atoms with Gasteiger partial charge in [0.25, 0.3) is 0 Å². The summed E-state index contributed by atoms with van der Waals surface area (Å²) in [5.41, 5.74) is 7.75. The van der Waals surface area contributed by atoms with Crippen LogP contribution in [-0.2, 0) is 6.54 Å². The minimum atomic E-state index is -4.44. The molecule has 4 N–H and O–H groups in total. The smallest absolute Gasteiger partial charge is 0.422 e. The molecule has 0 radical (unpaired) electrons. The van der Waals surface area contributed by atoms with E-state index in [1.165, 1.54) is 24.5 Å². The quantitative estimate of drug-likeness (QED) is 0.589. The summed E-state index contributed by atoms with van der Waals surface area (Å²) >= 11 is 0. The van der Waals surface area contributed by atoms with E-state index >= 15 is 0 Å². The molecule has 1 aromatic heterocycles. The lowest BCUT2D eigenvalue weighted by Gasteiger charge is -2.12. The summed E-state index contributed by atoms with van der Waals surface area (Å²) in [6.07, 6.45) is -3.20. The number of nitrogens with zero attached hydrogens (tertiary/aromatic N) is 2. The number of aromatic nitrogens is 2. The third-order valence-electron chi connectivity index (χ3n) is 3.78. The summed E-state index contributed by atoms with van der Waals surface area (Å²) in [7, 11) is 0. The Bertz CT molecular complexity index is 947. The number of ether oxygens (including phenoxy) is 1. The Morgan fingerprint density at radius 2 is 1.82 bits per heavy atom. The molecule has 0 fully saturated rings. The molecule has 2 aromatic carbocycles. The first kappa shape index (κ1) is 19.4. The van der Waals surface area contributed by atoms with E-state index in [1.807, 2.05) is 12.1 Å². The van der Waals surface area contributed by atoms with E-state index in [1.54, 1.807) is 18.2 Å². The van der Waals surface area contributed by atoms with Crippen LogP contribution in [0, 0.1) is 0 Å². The van der Waals surface area contributed by atoms with Crippen molar-refractivity contribution in [1.82, 2.24) is 9.97 Å². The van der Waals surface area contributed by atoms with Crippen LogP contribution in [0.1, 0.15) is 5.56 Å². The topological polar surface area (TPSA) is 93.3 Å². The number of rotatable bonds is 6. The van der Waals surface area contributed by atoms with Crippen molar-refractivity contribution in [2.75, 3.05) is 11.9 Å². The number of hydrogen-bond donors (Lipinski definition) is 3. The highest BCUT2D eigenvalue weighted by Crippen LogP contribution is 2.35. The molecule has 3 aromatic rings. The number of halogens is 3. The number of benzene rings is 2. The first-order valence-corrected chi connectivity index (χ1v) is 8.26. The molecule has 0 saturated heterocycles. The molecule has 0 atom stereocenters. The summed E-state index contributed by atoms with van der Waals surface area (Å²) < 4.78 is 41.8. The second-order valence-electron chi connectivity index (χ2n) is 5.88. The Balaban J connectivity index is 1.84. The molecule has 146 valence electrons. The van der Waals surface area contributed by atoms with E-state index in [9.17, 15) is 18.3 Å². The molecule has 28 heavy (non-hydrogen) atoms. The summed E-state index contributed by atoms with van der Waals surface area (Å²) in [5.74, 6) is -0.0646. The van der Waals surface area contributed by atoms with E-state index in [0.29, 0.717) is 17.8 Å². The molecular weight excluding hydrogens is 373 g/mol. The highest BCUT2D eigenvalue weighted by Gasteiger charge is 2.28. The van der Waals surface area contributed by atoms with E-state index < -0.39 is 12.8 Å². The standard InChI is InChI=1S/C19H17F3N4O2/c20-19(21,22)10-28-15-3-1-2-13(8-15)16-17(27)18(25-11-24-16)26-14-6-4-12(9-23)5-7-14/h1-8,11,27H,9-10,23H2,(H,24,25,26). The molecule has 0 aliphatic heterocycles. The van der Waals surface area contributed by atoms with E-state index in [0.717, 1.165) is 5.56 Å². The van der Waals surface area contributed by atoms with Gasteiger partial charge in [0, 0.05) is 17.8 Å². The van der Waals surface area contributed by atoms with E-state index in [-0.39, 0.29) is 23.0 Å². The van der Waals surface area contributed by atoms with Gasteiger partial charge in [-0.05, 0) is 29.8 Å². The van der Waals surface area contributed by atoms with E-state index in [4.69, 9.17) is 10.5 Å². The van der Waals surface area contributed by atoms with Gasteiger partial charge < -0.3 is 20.9 Å². The Hall–Kier alpha value is -3.33. The average molecular weight is 390 g/mol. The van der Waals surface area contributed by atoms with Gasteiger partial charge in [0.1, 0.15) is 17.8 Å². The zero-order valence-electron chi connectivity index (χ0n) is 14.6. The molecule has 0 bridgehead atoms. The van der Waals surface area contributed by atoms with Gasteiger partial charge in [0.05, 0.1) is 0 Å². The summed E-state index contributed by atoms with van der Waals surface area (Å²) in [6.45, 7) is -0.992. The first-order valence-electron chi connectivity index (χ1n) is 8.26.